The van der Waals surface area contributed by atoms with Gasteiger partial charge in [-0.1, -0.05) is 49.2 Å². The van der Waals surface area contributed by atoms with Gasteiger partial charge in [-0.05, 0) is 61.2 Å². The minimum absolute atomic E-state index is 0.433. The molecule has 2 aromatic rings. The zero-order valence-electron chi connectivity index (χ0n) is 15.0. The van der Waals surface area contributed by atoms with E-state index in [9.17, 15) is 5.11 Å². The van der Waals surface area contributed by atoms with Crippen molar-refractivity contribution in [1.29, 1.82) is 0 Å². The molecule has 1 heterocycles. The van der Waals surface area contributed by atoms with E-state index in [4.69, 9.17) is 0 Å². The van der Waals surface area contributed by atoms with Crippen molar-refractivity contribution in [2.75, 3.05) is 19.6 Å². The van der Waals surface area contributed by atoms with Crippen molar-refractivity contribution in [2.45, 2.75) is 56.7 Å². The maximum absolute atomic E-state index is 10.6. The number of piperidine rings is 1. The van der Waals surface area contributed by atoms with Gasteiger partial charge in [0, 0.05) is 18.6 Å². The van der Waals surface area contributed by atoms with Crippen LogP contribution in [0.15, 0.2) is 42.5 Å². The average molecular weight is 338 g/mol. The van der Waals surface area contributed by atoms with E-state index in [1.165, 1.54) is 62.4 Å². The molecule has 2 N–H and O–H groups in total. The first kappa shape index (κ1) is 17.0. The third kappa shape index (κ3) is 4.05. The molecule has 2 fully saturated rings. The van der Waals surface area contributed by atoms with Gasteiger partial charge in [0.15, 0.2) is 0 Å². The molecule has 0 amide bonds. The summed E-state index contributed by atoms with van der Waals surface area (Å²) in [7, 11) is 0. The number of fused-ring (bicyclic) bond motifs is 1. The third-order valence-electron chi connectivity index (χ3n) is 6.13. The molecule has 0 aromatic heterocycles. The minimum atomic E-state index is -0.433. The molecular weight excluding hydrogens is 308 g/mol. The van der Waals surface area contributed by atoms with Crippen LogP contribution in [0.4, 0.5) is 0 Å². The predicted octanol–water partition coefficient (Wildman–Crippen LogP) is 3.87. The lowest BCUT2D eigenvalue weighted by Crippen LogP contribution is -2.46. The number of hydrogen-bond acceptors (Lipinski definition) is 3. The Labute approximate surface area is 151 Å². The van der Waals surface area contributed by atoms with Crippen LogP contribution >= 0.6 is 0 Å². The molecule has 1 atom stereocenters. The van der Waals surface area contributed by atoms with E-state index in [0.29, 0.717) is 12.6 Å². The quantitative estimate of drug-likeness (QED) is 0.869. The first-order chi connectivity index (χ1) is 12.3. The van der Waals surface area contributed by atoms with Crippen molar-refractivity contribution in [3.05, 3.63) is 48.0 Å². The maximum atomic E-state index is 10.6. The lowest BCUT2D eigenvalue weighted by atomic mass is 10.0. The van der Waals surface area contributed by atoms with Gasteiger partial charge >= 0.3 is 0 Å². The molecule has 0 bridgehead atoms. The number of rotatable bonds is 5. The van der Waals surface area contributed by atoms with Gasteiger partial charge < -0.3 is 15.3 Å². The van der Waals surface area contributed by atoms with Crippen LogP contribution in [0.1, 0.15) is 50.2 Å². The summed E-state index contributed by atoms with van der Waals surface area (Å²) in [6, 6.07) is 16.0. The van der Waals surface area contributed by atoms with Gasteiger partial charge in [0.25, 0.3) is 0 Å². The lowest BCUT2D eigenvalue weighted by Gasteiger charge is -2.36. The van der Waals surface area contributed by atoms with Gasteiger partial charge in [-0.25, -0.2) is 0 Å². The molecule has 1 unspecified atom stereocenters. The summed E-state index contributed by atoms with van der Waals surface area (Å²) in [5.74, 6) is 0. The Morgan fingerprint density at radius 2 is 1.68 bits per heavy atom. The summed E-state index contributed by atoms with van der Waals surface area (Å²) in [4.78, 5) is 2.70. The number of aliphatic hydroxyl groups excluding tert-OH is 1. The fraction of sp³-hybridized carbons (Fsp3) is 0.545. The Morgan fingerprint density at radius 3 is 2.44 bits per heavy atom. The molecule has 1 aliphatic heterocycles. The van der Waals surface area contributed by atoms with Crippen molar-refractivity contribution in [3.63, 3.8) is 0 Å². The normalized spacial score (nSPS) is 21.8. The second-order valence-electron chi connectivity index (χ2n) is 7.78. The SMILES string of the molecule is OC(CNC1CCN(C2CCCC2)CC1)c1ccc2ccccc2c1. The molecule has 1 saturated heterocycles. The van der Waals surface area contributed by atoms with Crippen LogP contribution in [0.3, 0.4) is 0 Å². The predicted molar refractivity (Wildman–Crippen MR) is 104 cm³/mol. The third-order valence-corrected chi connectivity index (χ3v) is 6.13. The highest BCUT2D eigenvalue weighted by atomic mass is 16.3. The second-order valence-corrected chi connectivity index (χ2v) is 7.78. The van der Waals surface area contributed by atoms with Gasteiger partial charge in [0.05, 0.1) is 6.10 Å². The highest BCUT2D eigenvalue weighted by Crippen LogP contribution is 2.26. The minimum Gasteiger partial charge on any atom is -0.387 e. The summed E-state index contributed by atoms with van der Waals surface area (Å²) < 4.78 is 0. The molecular formula is C22H30N2O. The van der Waals surface area contributed by atoms with E-state index in [2.05, 4.69) is 52.7 Å². The summed E-state index contributed by atoms with van der Waals surface area (Å²) in [5, 5.41) is 16.6. The first-order valence-electron chi connectivity index (χ1n) is 9.94. The van der Waals surface area contributed by atoms with Crippen LogP contribution in [0.5, 0.6) is 0 Å². The Balaban J connectivity index is 1.27. The van der Waals surface area contributed by atoms with Crippen molar-refractivity contribution < 1.29 is 5.11 Å². The fourth-order valence-electron chi connectivity index (χ4n) is 4.55. The summed E-state index contributed by atoms with van der Waals surface area (Å²) in [6.07, 6.45) is 7.62. The van der Waals surface area contributed by atoms with Gasteiger partial charge in [0.2, 0.25) is 0 Å². The molecule has 2 aromatic carbocycles. The second kappa shape index (κ2) is 7.86. The Morgan fingerprint density at radius 1 is 0.960 bits per heavy atom. The topological polar surface area (TPSA) is 35.5 Å². The number of hydrogen-bond donors (Lipinski definition) is 2. The van der Waals surface area contributed by atoms with Crippen LogP contribution in [0.2, 0.25) is 0 Å². The smallest absolute Gasteiger partial charge is 0.0914 e. The van der Waals surface area contributed by atoms with Crippen molar-refractivity contribution in [2.24, 2.45) is 0 Å². The van der Waals surface area contributed by atoms with Crippen LogP contribution in [-0.2, 0) is 0 Å². The molecule has 0 spiro atoms. The van der Waals surface area contributed by atoms with Crippen molar-refractivity contribution >= 4 is 10.8 Å². The van der Waals surface area contributed by atoms with E-state index < -0.39 is 6.10 Å². The van der Waals surface area contributed by atoms with E-state index in [0.717, 1.165) is 11.6 Å². The van der Waals surface area contributed by atoms with Crippen LogP contribution in [0.25, 0.3) is 10.8 Å². The van der Waals surface area contributed by atoms with Gasteiger partial charge in [-0.2, -0.15) is 0 Å². The Bertz CT molecular complexity index is 687. The van der Waals surface area contributed by atoms with Gasteiger partial charge in [-0.3, -0.25) is 0 Å². The van der Waals surface area contributed by atoms with E-state index in [1.54, 1.807) is 0 Å². The summed E-state index contributed by atoms with van der Waals surface area (Å²) >= 11 is 0. The largest absolute Gasteiger partial charge is 0.387 e. The zero-order chi connectivity index (χ0) is 17.1. The number of nitrogens with one attached hydrogen (secondary N) is 1. The molecule has 4 rings (SSSR count). The highest BCUT2D eigenvalue weighted by Gasteiger charge is 2.27. The molecule has 0 radical (unpaired) electrons. The van der Waals surface area contributed by atoms with E-state index >= 15 is 0 Å². The molecule has 1 aliphatic carbocycles. The van der Waals surface area contributed by atoms with Crippen molar-refractivity contribution in [3.8, 4) is 0 Å². The first-order valence-corrected chi connectivity index (χ1v) is 9.94. The molecule has 134 valence electrons. The van der Waals surface area contributed by atoms with Gasteiger partial charge in [-0.15, -0.1) is 0 Å². The number of likely N-dealkylation sites (tertiary alicyclic amines) is 1. The Hall–Kier alpha value is -1.42. The molecule has 1 saturated carbocycles. The molecule has 25 heavy (non-hydrogen) atoms. The summed E-state index contributed by atoms with van der Waals surface area (Å²) in [6.45, 7) is 3.08. The van der Waals surface area contributed by atoms with Crippen LogP contribution in [0, 0.1) is 0 Å². The zero-order valence-corrected chi connectivity index (χ0v) is 15.0. The van der Waals surface area contributed by atoms with Crippen LogP contribution in [-0.4, -0.2) is 41.7 Å². The Kier molecular flexibility index (Phi) is 5.35. The van der Waals surface area contributed by atoms with Crippen molar-refractivity contribution in [1.82, 2.24) is 10.2 Å². The molecule has 3 nitrogen and oxygen atoms in total. The number of nitrogens with zero attached hydrogens (tertiary/aromatic N) is 1. The van der Waals surface area contributed by atoms with Crippen LogP contribution < -0.4 is 5.32 Å². The maximum Gasteiger partial charge on any atom is 0.0914 e. The molecule has 3 heteroatoms. The highest BCUT2D eigenvalue weighted by molar-refractivity contribution is 5.83. The molecule has 2 aliphatic rings. The number of benzene rings is 2. The average Bonchev–Trinajstić information content (AvgIpc) is 3.21. The monoisotopic (exact) mass is 338 g/mol. The number of aliphatic hydroxyl groups is 1. The summed E-state index contributed by atoms with van der Waals surface area (Å²) in [5.41, 5.74) is 1.01. The van der Waals surface area contributed by atoms with E-state index in [-0.39, 0.29) is 0 Å². The lowest BCUT2D eigenvalue weighted by molar-refractivity contribution is 0.129. The standard InChI is InChI=1S/C22H30N2O/c25-22(19-10-9-17-5-1-2-6-18(17)15-19)16-23-20-11-13-24(14-12-20)21-7-3-4-8-21/h1-2,5-6,9-10,15,20-23,25H,3-4,7-8,11-14,16H2. The van der Waals surface area contributed by atoms with Gasteiger partial charge in [0.1, 0.15) is 0 Å². The fourth-order valence-corrected chi connectivity index (χ4v) is 4.55. The van der Waals surface area contributed by atoms with E-state index in [1.807, 2.05) is 0 Å².